The predicted octanol–water partition coefficient (Wildman–Crippen LogP) is 0.585. The highest BCUT2D eigenvalue weighted by molar-refractivity contribution is 6.34. The van der Waals surface area contributed by atoms with E-state index in [4.69, 9.17) is 4.84 Å². The van der Waals surface area contributed by atoms with Crippen molar-refractivity contribution in [1.29, 1.82) is 0 Å². The number of nitrogens with one attached hydrogen (secondary N) is 1. The Morgan fingerprint density at radius 3 is 2.75 bits per heavy atom. The van der Waals surface area contributed by atoms with Crippen molar-refractivity contribution in [3.8, 4) is 0 Å². The van der Waals surface area contributed by atoms with Crippen molar-refractivity contribution in [2.75, 3.05) is 6.61 Å². The molecule has 1 rings (SSSR count). The van der Waals surface area contributed by atoms with Crippen molar-refractivity contribution in [3.63, 3.8) is 0 Å². The predicted molar refractivity (Wildman–Crippen MR) is 33.4 cm³/mol. The quantitative estimate of drug-likeness (QED) is 0.501. The van der Waals surface area contributed by atoms with Crippen molar-refractivity contribution in [2.24, 2.45) is 5.92 Å². The topological polar surface area (TPSA) is 21.3 Å². The summed E-state index contributed by atoms with van der Waals surface area (Å²) in [7, 11) is 2.00. The van der Waals surface area contributed by atoms with Crippen LogP contribution in [0.5, 0.6) is 0 Å². The van der Waals surface area contributed by atoms with Crippen molar-refractivity contribution in [2.45, 2.75) is 19.7 Å². The molecule has 1 N–H and O–H groups in total. The van der Waals surface area contributed by atoms with Crippen LogP contribution in [-0.4, -0.2) is 14.0 Å². The van der Waals surface area contributed by atoms with Crippen molar-refractivity contribution < 1.29 is 4.84 Å². The fraction of sp³-hybridized carbons (Fsp3) is 1.00. The van der Waals surface area contributed by atoms with Crippen molar-refractivity contribution >= 4 is 7.41 Å². The van der Waals surface area contributed by atoms with E-state index in [0.717, 1.165) is 6.61 Å². The molecule has 1 fully saturated rings. The Kier molecular flexibility index (Phi) is 1.92. The summed E-state index contributed by atoms with van der Waals surface area (Å²) >= 11 is 0. The maximum absolute atomic E-state index is 4.91. The highest BCUT2D eigenvalue weighted by Crippen LogP contribution is 2.17. The van der Waals surface area contributed by atoms with E-state index in [1.54, 1.807) is 0 Å². The molecular formula is C5H11BNO. The van der Waals surface area contributed by atoms with E-state index in [0.29, 0.717) is 11.7 Å². The van der Waals surface area contributed by atoms with E-state index in [1.165, 1.54) is 0 Å². The van der Waals surface area contributed by atoms with E-state index in [2.05, 4.69) is 19.2 Å². The third kappa shape index (κ3) is 1.23. The van der Waals surface area contributed by atoms with E-state index >= 15 is 0 Å². The Labute approximate surface area is 50.8 Å². The maximum atomic E-state index is 4.91. The van der Waals surface area contributed by atoms with Crippen molar-refractivity contribution in [1.82, 2.24) is 5.39 Å². The first-order chi connectivity index (χ1) is 3.80. The van der Waals surface area contributed by atoms with Gasteiger partial charge in [0.2, 0.25) is 7.41 Å². The second-order valence-corrected chi connectivity index (χ2v) is 2.50. The lowest BCUT2D eigenvalue weighted by molar-refractivity contribution is 0.114. The first kappa shape index (κ1) is 6.11. The van der Waals surface area contributed by atoms with Gasteiger partial charge in [-0.05, 0) is 11.7 Å². The second-order valence-electron chi connectivity index (χ2n) is 2.50. The van der Waals surface area contributed by atoms with Gasteiger partial charge in [-0.3, -0.25) is 5.39 Å². The van der Waals surface area contributed by atoms with Crippen LogP contribution in [0.4, 0.5) is 0 Å². The summed E-state index contributed by atoms with van der Waals surface area (Å²) in [5.74, 6) is 1.31. The molecule has 1 saturated heterocycles. The molecule has 0 aliphatic carbocycles. The molecule has 1 aliphatic rings. The van der Waals surface area contributed by atoms with Crippen LogP contribution in [0.3, 0.4) is 0 Å². The monoisotopic (exact) mass is 112 g/mol. The number of hydrogen-bond donors (Lipinski definition) is 1. The van der Waals surface area contributed by atoms with Gasteiger partial charge in [0.25, 0.3) is 0 Å². The Bertz CT molecular complexity index is 70.8. The van der Waals surface area contributed by atoms with Gasteiger partial charge in [-0.15, -0.1) is 0 Å². The Hall–Kier alpha value is -0.0151. The lowest BCUT2D eigenvalue weighted by atomic mass is 9.71. The summed E-state index contributed by atoms with van der Waals surface area (Å²) in [6.45, 7) is 5.22. The summed E-state index contributed by atoms with van der Waals surface area (Å²) in [4.78, 5) is 4.91. The highest BCUT2D eigenvalue weighted by Gasteiger charge is 2.20. The number of hydrogen-bond acceptors (Lipinski definition) is 2. The van der Waals surface area contributed by atoms with Crippen LogP contribution in [0, 0.1) is 5.92 Å². The van der Waals surface area contributed by atoms with Gasteiger partial charge in [-0.1, -0.05) is 13.8 Å². The molecule has 45 valence electrons. The molecule has 1 atom stereocenters. The minimum absolute atomic E-state index is 0.606. The van der Waals surface area contributed by atoms with Gasteiger partial charge in [-0.2, -0.15) is 0 Å². The van der Waals surface area contributed by atoms with Crippen LogP contribution in [-0.2, 0) is 4.84 Å². The fourth-order valence-corrected chi connectivity index (χ4v) is 0.713. The molecule has 2 nitrogen and oxygen atoms in total. The zero-order valence-electron chi connectivity index (χ0n) is 5.35. The lowest BCUT2D eigenvalue weighted by Gasteiger charge is -2.07. The highest BCUT2D eigenvalue weighted by atomic mass is 16.6. The molecular weight excluding hydrogens is 101 g/mol. The van der Waals surface area contributed by atoms with Gasteiger partial charge in [-0.25, -0.2) is 0 Å². The molecule has 0 saturated carbocycles. The summed E-state index contributed by atoms with van der Waals surface area (Å²) < 4.78 is 0. The molecule has 1 unspecified atom stereocenters. The first-order valence-corrected chi connectivity index (χ1v) is 3.01. The average molecular weight is 112 g/mol. The Morgan fingerprint density at radius 2 is 2.50 bits per heavy atom. The van der Waals surface area contributed by atoms with Gasteiger partial charge in [0, 0.05) is 0 Å². The normalized spacial score (nSPS) is 28.6. The summed E-state index contributed by atoms with van der Waals surface area (Å²) in [6.07, 6.45) is 0. The zero-order chi connectivity index (χ0) is 5.98. The lowest BCUT2D eigenvalue weighted by Crippen LogP contribution is -2.13. The van der Waals surface area contributed by atoms with Gasteiger partial charge < -0.3 is 4.84 Å². The molecule has 3 heteroatoms. The summed E-state index contributed by atoms with van der Waals surface area (Å²) in [5, 5.41) is 2.73. The molecule has 1 heterocycles. The Balaban J connectivity index is 2.24. The third-order valence-corrected chi connectivity index (χ3v) is 1.50. The SMILES string of the molecule is CC(C)C1[B]NOC1. The van der Waals surface area contributed by atoms with Crippen LogP contribution in [0.2, 0.25) is 5.82 Å². The fourth-order valence-electron chi connectivity index (χ4n) is 0.713. The van der Waals surface area contributed by atoms with Gasteiger partial charge in [0.05, 0.1) is 6.61 Å². The molecule has 8 heavy (non-hydrogen) atoms. The smallest absolute Gasteiger partial charge is 0.247 e. The molecule has 0 amide bonds. The minimum atomic E-state index is 0.606. The average Bonchev–Trinajstić information content (AvgIpc) is 2.12. The maximum Gasteiger partial charge on any atom is 0.247 e. The van der Waals surface area contributed by atoms with E-state index in [1.807, 2.05) is 7.41 Å². The van der Waals surface area contributed by atoms with E-state index in [-0.39, 0.29) is 0 Å². The zero-order valence-corrected chi connectivity index (χ0v) is 5.35. The van der Waals surface area contributed by atoms with Gasteiger partial charge in [0.15, 0.2) is 0 Å². The molecule has 1 radical (unpaired) electrons. The van der Waals surface area contributed by atoms with Gasteiger partial charge >= 0.3 is 0 Å². The molecule has 0 spiro atoms. The minimum Gasteiger partial charge on any atom is -0.314 e. The third-order valence-electron chi connectivity index (χ3n) is 1.50. The number of rotatable bonds is 1. The molecule has 0 bridgehead atoms. The molecule has 1 aliphatic heterocycles. The van der Waals surface area contributed by atoms with Crippen LogP contribution < -0.4 is 5.39 Å². The van der Waals surface area contributed by atoms with Crippen LogP contribution in [0.1, 0.15) is 13.8 Å². The van der Waals surface area contributed by atoms with Crippen LogP contribution >= 0.6 is 0 Å². The molecule has 0 aromatic rings. The standard InChI is InChI=1S/C5H11BNO/c1-4(2)5-3-8-7-6-5/h4-5,7H,3H2,1-2H3. The Morgan fingerprint density at radius 1 is 1.75 bits per heavy atom. The summed E-state index contributed by atoms with van der Waals surface area (Å²) in [5.41, 5.74) is 0. The van der Waals surface area contributed by atoms with Crippen LogP contribution in [0.15, 0.2) is 0 Å². The van der Waals surface area contributed by atoms with Crippen molar-refractivity contribution in [3.05, 3.63) is 0 Å². The molecule has 0 aromatic carbocycles. The van der Waals surface area contributed by atoms with Gasteiger partial charge in [0.1, 0.15) is 0 Å². The van der Waals surface area contributed by atoms with E-state index < -0.39 is 0 Å². The molecule has 0 aromatic heterocycles. The second kappa shape index (κ2) is 2.51. The van der Waals surface area contributed by atoms with E-state index in [9.17, 15) is 0 Å². The van der Waals surface area contributed by atoms with Crippen LogP contribution in [0.25, 0.3) is 0 Å². The summed E-state index contributed by atoms with van der Waals surface area (Å²) in [6, 6.07) is 0. The first-order valence-electron chi connectivity index (χ1n) is 3.01. The largest absolute Gasteiger partial charge is 0.314 e.